The fourth-order valence-electron chi connectivity index (χ4n) is 4.85. The van der Waals surface area contributed by atoms with Gasteiger partial charge in [-0.3, -0.25) is 19.2 Å². The third-order valence-corrected chi connectivity index (χ3v) is 7.85. The molecule has 0 aliphatic carbocycles. The van der Waals surface area contributed by atoms with Crippen LogP contribution in [0, 0.1) is 0 Å². The van der Waals surface area contributed by atoms with Gasteiger partial charge in [0.1, 0.15) is 5.60 Å². The standard InChI is InChI=1S/C28H26ClF3N4O5S/c1-27(2,3)41-25(39)34-13-21(22(37)14-34)36-24(38)23(42-26(36)40)9-15-4-7-20-17(8-15)11-33-35(20)12-16-5-6-18(29)10-19(16)28(30,31)32/h4-11,21-22,37H,12-14H2,1-3H3/b23-9-. The zero-order valence-corrected chi connectivity index (χ0v) is 24.3. The smallest absolute Gasteiger partial charge is 0.416 e. The molecular weight excluding hydrogens is 597 g/mol. The van der Waals surface area contributed by atoms with Gasteiger partial charge in [0.15, 0.2) is 0 Å². The molecule has 42 heavy (non-hydrogen) atoms. The van der Waals surface area contributed by atoms with Gasteiger partial charge >= 0.3 is 12.3 Å². The van der Waals surface area contributed by atoms with E-state index < -0.39 is 46.7 Å². The maximum absolute atomic E-state index is 13.5. The van der Waals surface area contributed by atoms with Crippen molar-refractivity contribution in [3.8, 4) is 0 Å². The summed E-state index contributed by atoms with van der Waals surface area (Å²) in [7, 11) is 0. The fraction of sp³-hybridized carbons (Fsp3) is 0.357. The number of nitrogens with zero attached hydrogens (tertiary/aromatic N) is 4. The first-order chi connectivity index (χ1) is 19.6. The highest BCUT2D eigenvalue weighted by Crippen LogP contribution is 2.37. The number of carbonyl (C=O) groups is 3. The van der Waals surface area contributed by atoms with E-state index in [0.717, 1.165) is 22.7 Å². The highest BCUT2D eigenvalue weighted by molar-refractivity contribution is 8.18. The Balaban J connectivity index is 1.34. The molecule has 222 valence electrons. The van der Waals surface area contributed by atoms with Crippen LogP contribution in [0.5, 0.6) is 0 Å². The van der Waals surface area contributed by atoms with E-state index in [2.05, 4.69) is 5.10 Å². The average molecular weight is 623 g/mol. The topological polar surface area (TPSA) is 105 Å². The van der Waals surface area contributed by atoms with Crippen molar-refractivity contribution < 1.29 is 37.4 Å². The normalized spacial score (nSPS) is 20.8. The fourth-order valence-corrected chi connectivity index (χ4v) is 5.91. The van der Waals surface area contributed by atoms with Crippen LogP contribution in [0.25, 0.3) is 17.0 Å². The molecule has 14 heteroatoms. The number of likely N-dealkylation sites (tertiary alicyclic amines) is 1. The second kappa shape index (κ2) is 10.9. The van der Waals surface area contributed by atoms with E-state index in [1.165, 1.54) is 34.0 Å². The number of β-amino-alcohol motifs (C(OH)–C–C–N with tert-alkyl or cyclic N) is 1. The number of hydrogen-bond donors (Lipinski definition) is 1. The molecule has 0 bridgehead atoms. The lowest BCUT2D eigenvalue weighted by molar-refractivity contribution is -0.138. The van der Waals surface area contributed by atoms with E-state index in [4.69, 9.17) is 16.3 Å². The molecule has 2 saturated heterocycles. The Bertz CT molecular complexity index is 1620. The summed E-state index contributed by atoms with van der Waals surface area (Å²) >= 11 is 6.51. The van der Waals surface area contributed by atoms with Gasteiger partial charge in [-0.25, -0.2) is 4.79 Å². The van der Waals surface area contributed by atoms with Crippen LogP contribution in [0.2, 0.25) is 5.02 Å². The molecule has 9 nitrogen and oxygen atoms in total. The minimum atomic E-state index is -4.58. The molecule has 3 amide bonds. The molecule has 3 aromatic rings. The largest absolute Gasteiger partial charge is 0.444 e. The molecule has 0 radical (unpaired) electrons. The van der Waals surface area contributed by atoms with Crippen LogP contribution in [0.3, 0.4) is 0 Å². The molecule has 2 atom stereocenters. The number of halogens is 4. The first-order valence-corrected chi connectivity index (χ1v) is 14.0. The van der Waals surface area contributed by atoms with Crippen LogP contribution < -0.4 is 0 Å². The molecule has 3 heterocycles. The molecule has 0 spiro atoms. The van der Waals surface area contributed by atoms with Gasteiger partial charge in [0, 0.05) is 17.0 Å². The van der Waals surface area contributed by atoms with Crippen molar-refractivity contribution in [2.45, 2.75) is 51.2 Å². The van der Waals surface area contributed by atoms with Gasteiger partial charge in [-0.2, -0.15) is 18.3 Å². The number of hydrogen-bond acceptors (Lipinski definition) is 7. The Morgan fingerprint density at radius 2 is 1.90 bits per heavy atom. The number of aliphatic hydroxyl groups is 1. The van der Waals surface area contributed by atoms with E-state index in [9.17, 15) is 32.7 Å². The third kappa shape index (κ3) is 6.13. The Morgan fingerprint density at radius 3 is 2.60 bits per heavy atom. The number of amides is 3. The molecule has 2 unspecified atom stereocenters. The lowest BCUT2D eigenvalue weighted by Crippen LogP contribution is -2.46. The van der Waals surface area contributed by atoms with Crippen LogP contribution in [-0.4, -0.2) is 72.8 Å². The van der Waals surface area contributed by atoms with E-state index in [1.54, 1.807) is 39.0 Å². The predicted molar refractivity (Wildman–Crippen MR) is 151 cm³/mol. The van der Waals surface area contributed by atoms with Gasteiger partial charge in [-0.15, -0.1) is 0 Å². The molecule has 0 saturated carbocycles. The van der Waals surface area contributed by atoms with Gasteiger partial charge in [0.05, 0.1) is 47.4 Å². The van der Waals surface area contributed by atoms with Gasteiger partial charge in [-0.1, -0.05) is 23.7 Å². The Morgan fingerprint density at radius 1 is 1.17 bits per heavy atom. The Hall–Kier alpha value is -3.55. The number of imide groups is 1. The highest BCUT2D eigenvalue weighted by atomic mass is 35.5. The molecule has 2 fully saturated rings. The second-order valence-corrected chi connectivity index (χ2v) is 12.4. The molecule has 1 N–H and O–H groups in total. The summed E-state index contributed by atoms with van der Waals surface area (Å²) in [6.45, 7) is 4.85. The minimum Gasteiger partial charge on any atom is -0.444 e. The van der Waals surface area contributed by atoms with Crippen molar-refractivity contribution in [1.82, 2.24) is 19.6 Å². The summed E-state index contributed by atoms with van der Waals surface area (Å²) in [6.07, 6.45) is -3.34. The maximum atomic E-state index is 13.5. The SMILES string of the molecule is CC(C)(C)OC(=O)N1CC(O)C(N2C(=O)S/C(=C\c3ccc4c(cnn4Cc4ccc(Cl)cc4C(F)(F)F)c3)C2=O)C1. The van der Waals surface area contributed by atoms with Crippen LogP contribution in [0.15, 0.2) is 47.5 Å². The zero-order valence-electron chi connectivity index (χ0n) is 22.7. The third-order valence-electron chi connectivity index (χ3n) is 6.73. The summed E-state index contributed by atoms with van der Waals surface area (Å²) in [5.41, 5.74) is -0.441. The summed E-state index contributed by atoms with van der Waals surface area (Å²) in [4.78, 5) is 40.8. The average Bonchev–Trinajstić information content (AvgIpc) is 3.53. The molecule has 1 aromatic heterocycles. The number of rotatable bonds is 4. The van der Waals surface area contributed by atoms with Gasteiger partial charge in [-0.05, 0) is 74.0 Å². The van der Waals surface area contributed by atoms with Gasteiger partial charge in [0.25, 0.3) is 11.1 Å². The van der Waals surface area contributed by atoms with Crippen molar-refractivity contribution >= 4 is 57.6 Å². The van der Waals surface area contributed by atoms with E-state index >= 15 is 0 Å². The van der Waals surface area contributed by atoms with Crippen LogP contribution in [0.1, 0.15) is 37.5 Å². The van der Waals surface area contributed by atoms with Gasteiger partial charge in [0.2, 0.25) is 0 Å². The van der Waals surface area contributed by atoms with E-state index in [0.29, 0.717) is 16.5 Å². The van der Waals surface area contributed by atoms with E-state index in [1.807, 2.05) is 0 Å². The number of aromatic nitrogens is 2. The Labute approximate surface area is 247 Å². The van der Waals surface area contributed by atoms with Crippen molar-refractivity contribution in [1.29, 1.82) is 0 Å². The monoisotopic (exact) mass is 622 g/mol. The maximum Gasteiger partial charge on any atom is 0.416 e. The van der Waals surface area contributed by atoms with Crippen molar-refractivity contribution in [2.75, 3.05) is 13.1 Å². The summed E-state index contributed by atoms with van der Waals surface area (Å²) < 4.78 is 47.4. The highest BCUT2D eigenvalue weighted by Gasteiger charge is 2.47. The van der Waals surface area contributed by atoms with Crippen molar-refractivity contribution in [2.24, 2.45) is 0 Å². The second-order valence-electron chi connectivity index (χ2n) is 11.0. The molecule has 2 aliphatic rings. The van der Waals surface area contributed by atoms with Crippen molar-refractivity contribution in [3.63, 3.8) is 0 Å². The van der Waals surface area contributed by atoms with Crippen molar-refractivity contribution in [3.05, 3.63) is 69.2 Å². The van der Waals surface area contributed by atoms with Crippen LogP contribution >= 0.6 is 23.4 Å². The number of aliphatic hydroxyl groups excluding tert-OH is 1. The number of ether oxygens (including phenoxy) is 1. The quantitative estimate of drug-likeness (QED) is 0.368. The lowest BCUT2D eigenvalue weighted by Gasteiger charge is -2.25. The molecule has 5 rings (SSSR count). The molecular formula is C28H26ClF3N4O5S. The zero-order chi connectivity index (χ0) is 30.6. The molecule has 2 aliphatic heterocycles. The van der Waals surface area contributed by atoms with Crippen LogP contribution in [0.4, 0.5) is 22.8 Å². The number of alkyl halides is 3. The lowest BCUT2D eigenvalue weighted by atomic mass is 10.1. The van der Waals surface area contributed by atoms with Crippen LogP contribution in [-0.2, 0) is 22.3 Å². The van der Waals surface area contributed by atoms with E-state index in [-0.39, 0.29) is 35.1 Å². The number of carbonyl (C=O) groups excluding carboxylic acids is 3. The van der Waals surface area contributed by atoms with Gasteiger partial charge < -0.3 is 14.7 Å². The summed E-state index contributed by atoms with van der Waals surface area (Å²) in [5, 5.41) is 14.8. The molecule has 2 aromatic carbocycles. The predicted octanol–water partition coefficient (Wildman–Crippen LogP) is 5.77. The summed E-state index contributed by atoms with van der Waals surface area (Å²) in [6, 6.07) is 7.70. The Kier molecular flexibility index (Phi) is 7.79. The number of fused-ring (bicyclic) bond motifs is 1. The first-order valence-electron chi connectivity index (χ1n) is 12.8. The summed E-state index contributed by atoms with van der Waals surface area (Å²) in [5.74, 6) is -0.599. The number of thioether (sulfide) groups is 1. The first kappa shape index (κ1) is 29.9. The number of benzene rings is 2. The minimum absolute atomic E-state index is 0.00832.